The van der Waals surface area contributed by atoms with Gasteiger partial charge in [0.2, 0.25) is 11.8 Å². The van der Waals surface area contributed by atoms with E-state index in [1.165, 1.54) is 4.90 Å². The molecule has 2 heterocycles. The van der Waals surface area contributed by atoms with Crippen molar-refractivity contribution in [2.75, 3.05) is 6.54 Å². The molecule has 3 amide bonds. The van der Waals surface area contributed by atoms with Crippen LogP contribution in [0.25, 0.3) is 10.4 Å². The lowest BCUT2D eigenvalue weighted by atomic mass is 10.00. The first-order valence-corrected chi connectivity index (χ1v) is 13.6. The van der Waals surface area contributed by atoms with E-state index in [-0.39, 0.29) is 24.8 Å². The minimum absolute atomic E-state index is 0.157. The van der Waals surface area contributed by atoms with E-state index in [0.29, 0.717) is 19.4 Å². The molecule has 1 saturated heterocycles. The summed E-state index contributed by atoms with van der Waals surface area (Å²) in [5, 5.41) is 5.60. The third-order valence-electron chi connectivity index (χ3n) is 6.94. The fourth-order valence-electron chi connectivity index (χ4n) is 4.50. The minimum atomic E-state index is -1.90. The van der Waals surface area contributed by atoms with Crippen molar-refractivity contribution in [3.8, 4) is 10.4 Å². The number of likely N-dealkylation sites (tertiary alicyclic amines) is 1. The molecule has 1 aliphatic heterocycles. The van der Waals surface area contributed by atoms with E-state index in [9.17, 15) is 18.8 Å². The van der Waals surface area contributed by atoms with Crippen LogP contribution in [0.4, 0.5) is 4.39 Å². The number of hydrogen-bond donors (Lipinski definition) is 3. The zero-order chi connectivity index (χ0) is 26.3. The first-order chi connectivity index (χ1) is 16.9. The van der Waals surface area contributed by atoms with Crippen molar-refractivity contribution in [2.24, 2.45) is 0 Å². The molecule has 0 bridgehead atoms. The number of nitrogens with zero attached hydrogens (tertiary/aromatic N) is 2. The Hall–Kier alpha value is -2.46. The van der Waals surface area contributed by atoms with Crippen molar-refractivity contribution in [1.82, 2.24) is 20.5 Å². The summed E-state index contributed by atoms with van der Waals surface area (Å²) in [5.74, 6) is -1.45. The summed E-state index contributed by atoms with van der Waals surface area (Å²) in [6.07, 6.45) is 1.50. The second-order valence-corrected chi connectivity index (χ2v) is 12.3. The first kappa shape index (κ1) is 26.6. The Balaban J connectivity index is 1.43. The Bertz CT molecular complexity index is 1140. The highest BCUT2D eigenvalue weighted by atomic mass is 32.1. The summed E-state index contributed by atoms with van der Waals surface area (Å²) in [7, 11) is 0. The lowest BCUT2D eigenvalue weighted by Crippen LogP contribution is -2.60. The standard InChI is InChI=1S/C26H33FN4O3S2/c1-15(17-7-9-18(10-8-17)20-16(2)28-14-36-20)29-22(32)19-6-5-13-31(19)23(33)21(25(3,4)35)30-24(34)26(27)11-12-26/h7-10,14-15,19,21,35H,5-6,11-13H2,1-4H3,(H,29,32)(H,30,34)/t15-,19-,21+/m0/s1. The van der Waals surface area contributed by atoms with Gasteiger partial charge in [0, 0.05) is 11.3 Å². The molecule has 2 N–H and O–H groups in total. The van der Waals surface area contributed by atoms with Gasteiger partial charge in [-0.3, -0.25) is 14.4 Å². The van der Waals surface area contributed by atoms with Crippen LogP contribution in [0, 0.1) is 6.92 Å². The molecular formula is C26H33FN4O3S2. The van der Waals surface area contributed by atoms with Crippen LogP contribution >= 0.6 is 24.0 Å². The maximum absolute atomic E-state index is 14.3. The van der Waals surface area contributed by atoms with Gasteiger partial charge >= 0.3 is 0 Å². The Morgan fingerprint density at radius 1 is 1.22 bits per heavy atom. The average molecular weight is 533 g/mol. The predicted octanol–water partition coefficient (Wildman–Crippen LogP) is 3.98. The smallest absolute Gasteiger partial charge is 0.258 e. The topological polar surface area (TPSA) is 91.4 Å². The number of rotatable bonds is 8. The number of amides is 3. The Labute approximate surface area is 220 Å². The molecule has 2 aromatic rings. The number of nitrogens with one attached hydrogen (secondary N) is 2. The van der Waals surface area contributed by atoms with Crippen LogP contribution in [0.15, 0.2) is 29.8 Å². The lowest BCUT2D eigenvalue weighted by molar-refractivity contribution is -0.143. The Kier molecular flexibility index (Phi) is 7.48. The summed E-state index contributed by atoms with van der Waals surface area (Å²) in [4.78, 5) is 46.0. The molecule has 1 aliphatic carbocycles. The van der Waals surface area contributed by atoms with E-state index in [1.54, 1.807) is 25.2 Å². The zero-order valence-corrected chi connectivity index (χ0v) is 22.7. The maximum Gasteiger partial charge on any atom is 0.258 e. The van der Waals surface area contributed by atoms with E-state index in [0.717, 1.165) is 21.7 Å². The van der Waals surface area contributed by atoms with Gasteiger partial charge in [0.15, 0.2) is 5.67 Å². The normalized spacial score (nSPS) is 20.5. The molecule has 4 rings (SSSR count). The molecule has 0 unspecified atom stereocenters. The summed E-state index contributed by atoms with van der Waals surface area (Å²) in [6, 6.07) is 6.04. The quantitative estimate of drug-likeness (QED) is 0.449. The largest absolute Gasteiger partial charge is 0.348 e. The van der Waals surface area contributed by atoms with Gasteiger partial charge in [0.05, 0.1) is 22.1 Å². The highest BCUT2D eigenvalue weighted by Crippen LogP contribution is 2.40. The van der Waals surface area contributed by atoms with E-state index < -0.39 is 34.3 Å². The van der Waals surface area contributed by atoms with Crippen molar-refractivity contribution in [3.63, 3.8) is 0 Å². The van der Waals surface area contributed by atoms with Crippen molar-refractivity contribution < 1.29 is 18.8 Å². The maximum atomic E-state index is 14.3. The van der Waals surface area contributed by atoms with Gasteiger partial charge in [-0.1, -0.05) is 24.3 Å². The van der Waals surface area contributed by atoms with Crippen LogP contribution < -0.4 is 10.6 Å². The number of thiol groups is 1. The summed E-state index contributed by atoms with van der Waals surface area (Å²) in [5.41, 5.74) is 2.93. The molecule has 1 saturated carbocycles. The van der Waals surface area contributed by atoms with Gasteiger partial charge in [0.25, 0.3) is 5.91 Å². The molecular weight excluding hydrogens is 499 g/mol. The molecule has 194 valence electrons. The van der Waals surface area contributed by atoms with Gasteiger partial charge < -0.3 is 15.5 Å². The fraction of sp³-hybridized carbons (Fsp3) is 0.538. The van der Waals surface area contributed by atoms with Crippen molar-refractivity contribution in [1.29, 1.82) is 0 Å². The molecule has 7 nitrogen and oxygen atoms in total. The second-order valence-electron chi connectivity index (χ2n) is 10.3. The first-order valence-electron chi connectivity index (χ1n) is 12.2. The number of aromatic nitrogens is 1. The molecule has 10 heteroatoms. The minimum Gasteiger partial charge on any atom is -0.348 e. The predicted molar refractivity (Wildman–Crippen MR) is 142 cm³/mol. The number of aryl methyl sites for hydroxylation is 1. The summed E-state index contributed by atoms with van der Waals surface area (Å²) >= 11 is 6.09. The second kappa shape index (κ2) is 10.1. The van der Waals surface area contributed by atoms with Crippen LogP contribution in [0.1, 0.15) is 63.8 Å². The number of alkyl halides is 1. The van der Waals surface area contributed by atoms with Crippen molar-refractivity contribution in [2.45, 2.75) is 81.9 Å². The number of thiazole rings is 1. The number of halogens is 1. The van der Waals surface area contributed by atoms with Crippen LogP contribution in [-0.4, -0.2) is 56.6 Å². The number of carbonyl (C=O) groups excluding carboxylic acids is 3. The Morgan fingerprint density at radius 3 is 2.44 bits per heavy atom. The fourth-order valence-corrected chi connectivity index (χ4v) is 5.49. The van der Waals surface area contributed by atoms with Crippen LogP contribution in [0.5, 0.6) is 0 Å². The Morgan fingerprint density at radius 2 is 1.89 bits per heavy atom. The lowest BCUT2D eigenvalue weighted by Gasteiger charge is -2.35. The van der Waals surface area contributed by atoms with E-state index >= 15 is 0 Å². The van der Waals surface area contributed by atoms with E-state index in [2.05, 4.69) is 28.2 Å². The molecule has 2 fully saturated rings. The molecule has 1 aromatic carbocycles. The third-order valence-corrected chi connectivity index (χ3v) is 8.18. The van der Waals surface area contributed by atoms with Crippen molar-refractivity contribution in [3.05, 3.63) is 41.0 Å². The summed E-state index contributed by atoms with van der Waals surface area (Å²) in [6.45, 7) is 7.67. The molecule has 0 spiro atoms. The molecule has 36 heavy (non-hydrogen) atoms. The number of hydrogen-bond acceptors (Lipinski definition) is 6. The highest BCUT2D eigenvalue weighted by Gasteiger charge is 2.53. The molecule has 2 aliphatic rings. The van der Waals surface area contributed by atoms with Gasteiger partial charge in [-0.25, -0.2) is 9.37 Å². The molecule has 1 aromatic heterocycles. The zero-order valence-electron chi connectivity index (χ0n) is 21.0. The number of benzene rings is 1. The van der Waals surface area contributed by atoms with Gasteiger partial charge in [-0.05, 0) is 64.5 Å². The SMILES string of the molecule is Cc1ncsc1-c1ccc([C@H](C)NC(=O)[C@@H]2CCCN2C(=O)[C@@H](NC(=O)C2(F)CC2)C(C)(C)S)cc1. The van der Waals surface area contributed by atoms with Crippen LogP contribution in [0.2, 0.25) is 0 Å². The van der Waals surface area contributed by atoms with E-state index in [1.807, 2.05) is 43.6 Å². The van der Waals surface area contributed by atoms with Gasteiger partial charge in [0.1, 0.15) is 12.1 Å². The third kappa shape index (κ3) is 5.59. The van der Waals surface area contributed by atoms with Gasteiger partial charge in [-0.2, -0.15) is 12.6 Å². The van der Waals surface area contributed by atoms with Crippen LogP contribution in [-0.2, 0) is 14.4 Å². The molecule has 0 radical (unpaired) electrons. The van der Waals surface area contributed by atoms with E-state index in [4.69, 9.17) is 0 Å². The number of carbonyl (C=O) groups is 3. The molecule has 3 atom stereocenters. The van der Waals surface area contributed by atoms with Crippen LogP contribution in [0.3, 0.4) is 0 Å². The highest BCUT2D eigenvalue weighted by molar-refractivity contribution is 7.81. The van der Waals surface area contributed by atoms with Crippen molar-refractivity contribution >= 4 is 41.7 Å². The monoisotopic (exact) mass is 532 g/mol. The van der Waals surface area contributed by atoms with Gasteiger partial charge in [-0.15, -0.1) is 11.3 Å². The average Bonchev–Trinajstić information content (AvgIpc) is 3.21. The summed E-state index contributed by atoms with van der Waals surface area (Å²) < 4.78 is 13.4.